The van der Waals surface area contributed by atoms with E-state index in [2.05, 4.69) is 10.1 Å². The molecule has 0 radical (unpaired) electrons. The molecule has 0 aromatic heterocycles. The summed E-state index contributed by atoms with van der Waals surface area (Å²) in [6, 6.07) is -0.0264. The molecule has 0 saturated carbocycles. The standard InChI is InChI=1S/C9H17N3O3/c1-11(7-8(13)15-2)5-6-12-4-3-10-9(12)14/h3-7H2,1-2H3,(H,10,14). The molecule has 0 unspecified atom stereocenters. The van der Waals surface area contributed by atoms with E-state index in [1.807, 2.05) is 11.9 Å². The Morgan fingerprint density at radius 2 is 2.40 bits per heavy atom. The van der Waals surface area contributed by atoms with Crippen LogP contribution in [0.3, 0.4) is 0 Å². The monoisotopic (exact) mass is 215 g/mol. The first-order valence-electron chi connectivity index (χ1n) is 4.91. The molecule has 0 spiro atoms. The minimum atomic E-state index is -0.261. The zero-order valence-electron chi connectivity index (χ0n) is 9.15. The summed E-state index contributed by atoms with van der Waals surface area (Å²) in [4.78, 5) is 25.7. The third kappa shape index (κ3) is 3.75. The molecule has 0 atom stereocenters. The Morgan fingerprint density at radius 1 is 1.67 bits per heavy atom. The van der Waals surface area contributed by atoms with Gasteiger partial charge in [0, 0.05) is 26.2 Å². The molecule has 1 heterocycles. The number of methoxy groups -OCH3 is 1. The van der Waals surface area contributed by atoms with E-state index in [9.17, 15) is 9.59 Å². The SMILES string of the molecule is COC(=O)CN(C)CCN1CCNC1=O. The van der Waals surface area contributed by atoms with Gasteiger partial charge in [0.2, 0.25) is 0 Å². The number of carbonyl (C=O) groups is 2. The summed E-state index contributed by atoms with van der Waals surface area (Å²) < 4.78 is 4.54. The smallest absolute Gasteiger partial charge is 0.319 e. The van der Waals surface area contributed by atoms with Crippen molar-refractivity contribution in [1.29, 1.82) is 0 Å². The number of rotatable bonds is 5. The van der Waals surface area contributed by atoms with Gasteiger partial charge in [0.1, 0.15) is 0 Å². The molecule has 86 valence electrons. The molecule has 1 rings (SSSR count). The molecule has 0 aromatic rings. The van der Waals surface area contributed by atoms with Crippen LogP contribution >= 0.6 is 0 Å². The van der Waals surface area contributed by atoms with Crippen molar-refractivity contribution in [3.63, 3.8) is 0 Å². The Bertz CT molecular complexity index is 245. The molecular weight excluding hydrogens is 198 g/mol. The first-order valence-corrected chi connectivity index (χ1v) is 4.91. The molecule has 1 N–H and O–H groups in total. The molecular formula is C9H17N3O3. The molecule has 0 bridgehead atoms. The zero-order chi connectivity index (χ0) is 11.3. The molecule has 1 aliphatic heterocycles. The predicted octanol–water partition coefficient (Wildman–Crippen LogP) is -0.884. The van der Waals surface area contributed by atoms with E-state index < -0.39 is 0 Å². The van der Waals surface area contributed by atoms with Crippen molar-refractivity contribution in [2.75, 3.05) is 46.9 Å². The lowest BCUT2D eigenvalue weighted by Gasteiger charge is -2.19. The fraction of sp³-hybridized carbons (Fsp3) is 0.778. The van der Waals surface area contributed by atoms with Gasteiger partial charge in [-0.1, -0.05) is 0 Å². The maximum atomic E-state index is 11.2. The Morgan fingerprint density at radius 3 is 2.93 bits per heavy atom. The lowest BCUT2D eigenvalue weighted by Crippen LogP contribution is -2.37. The number of amides is 2. The number of ether oxygens (including phenoxy) is 1. The minimum Gasteiger partial charge on any atom is -0.468 e. The van der Waals surface area contributed by atoms with Gasteiger partial charge in [-0.05, 0) is 7.05 Å². The van der Waals surface area contributed by atoms with Gasteiger partial charge in [0.05, 0.1) is 13.7 Å². The Labute approximate surface area is 89.2 Å². The lowest BCUT2D eigenvalue weighted by atomic mass is 10.4. The number of esters is 1. The first kappa shape index (κ1) is 11.8. The molecule has 1 aliphatic rings. The van der Waals surface area contributed by atoms with Crippen LogP contribution in [0.15, 0.2) is 0 Å². The Hall–Kier alpha value is -1.30. The van der Waals surface area contributed by atoms with Gasteiger partial charge in [0.15, 0.2) is 0 Å². The number of hydrogen-bond acceptors (Lipinski definition) is 4. The van der Waals surface area contributed by atoms with Gasteiger partial charge >= 0.3 is 12.0 Å². The summed E-state index contributed by atoms with van der Waals surface area (Å²) in [5.41, 5.74) is 0. The molecule has 6 nitrogen and oxygen atoms in total. The topological polar surface area (TPSA) is 61.9 Å². The average Bonchev–Trinajstić information content (AvgIpc) is 2.61. The summed E-state index contributed by atoms with van der Waals surface area (Å²) in [5.74, 6) is -0.261. The summed E-state index contributed by atoms with van der Waals surface area (Å²) in [6.45, 7) is 3.01. The van der Waals surface area contributed by atoms with E-state index in [0.717, 1.165) is 6.54 Å². The van der Waals surface area contributed by atoms with E-state index in [1.165, 1.54) is 7.11 Å². The van der Waals surface area contributed by atoms with Crippen LogP contribution in [0.1, 0.15) is 0 Å². The maximum absolute atomic E-state index is 11.2. The van der Waals surface area contributed by atoms with E-state index in [-0.39, 0.29) is 18.5 Å². The van der Waals surface area contributed by atoms with Crippen LogP contribution in [0.25, 0.3) is 0 Å². The van der Waals surface area contributed by atoms with Gasteiger partial charge in [-0.25, -0.2) is 4.79 Å². The second-order valence-electron chi connectivity index (χ2n) is 3.53. The van der Waals surface area contributed by atoms with Crippen molar-refractivity contribution in [3.05, 3.63) is 0 Å². The number of nitrogens with one attached hydrogen (secondary N) is 1. The number of likely N-dealkylation sites (N-methyl/N-ethyl adjacent to an activating group) is 1. The highest BCUT2D eigenvalue weighted by atomic mass is 16.5. The Balaban J connectivity index is 2.18. The molecule has 0 aromatic carbocycles. The van der Waals surface area contributed by atoms with E-state index >= 15 is 0 Å². The quantitative estimate of drug-likeness (QED) is 0.605. The van der Waals surface area contributed by atoms with Gasteiger partial charge in [-0.15, -0.1) is 0 Å². The third-order valence-electron chi connectivity index (χ3n) is 2.32. The Kier molecular flexibility index (Phi) is 4.36. The normalized spacial score (nSPS) is 15.7. The summed E-state index contributed by atoms with van der Waals surface area (Å²) in [5, 5.41) is 2.72. The predicted molar refractivity (Wildman–Crippen MR) is 54.5 cm³/mol. The largest absolute Gasteiger partial charge is 0.468 e. The van der Waals surface area contributed by atoms with Gasteiger partial charge in [-0.3, -0.25) is 9.69 Å². The number of carbonyl (C=O) groups excluding carboxylic acids is 2. The van der Waals surface area contributed by atoms with Crippen molar-refractivity contribution in [2.24, 2.45) is 0 Å². The van der Waals surface area contributed by atoms with Crippen LogP contribution in [0.4, 0.5) is 4.79 Å². The fourth-order valence-electron chi connectivity index (χ4n) is 1.38. The number of nitrogens with zero attached hydrogens (tertiary/aromatic N) is 2. The zero-order valence-corrected chi connectivity index (χ0v) is 9.15. The van der Waals surface area contributed by atoms with Crippen molar-refractivity contribution in [3.8, 4) is 0 Å². The lowest BCUT2D eigenvalue weighted by molar-refractivity contribution is -0.141. The maximum Gasteiger partial charge on any atom is 0.319 e. The van der Waals surface area contributed by atoms with Crippen molar-refractivity contribution < 1.29 is 14.3 Å². The van der Waals surface area contributed by atoms with E-state index in [4.69, 9.17) is 0 Å². The average molecular weight is 215 g/mol. The molecule has 1 fully saturated rings. The molecule has 15 heavy (non-hydrogen) atoms. The summed E-state index contributed by atoms with van der Waals surface area (Å²) in [6.07, 6.45) is 0. The molecule has 6 heteroatoms. The van der Waals surface area contributed by atoms with Gasteiger partial charge in [-0.2, -0.15) is 0 Å². The highest BCUT2D eigenvalue weighted by molar-refractivity contribution is 5.76. The highest BCUT2D eigenvalue weighted by Gasteiger charge is 2.19. The van der Waals surface area contributed by atoms with E-state index in [0.29, 0.717) is 19.6 Å². The van der Waals surface area contributed by atoms with E-state index in [1.54, 1.807) is 4.90 Å². The second-order valence-corrected chi connectivity index (χ2v) is 3.53. The van der Waals surface area contributed by atoms with Crippen molar-refractivity contribution >= 4 is 12.0 Å². The summed E-state index contributed by atoms with van der Waals surface area (Å²) in [7, 11) is 3.19. The first-order chi connectivity index (χ1) is 7.13. The number of hydrogen-bond donors (Lipinski definition) is 1. The summed E-state index contributed by atoms with van der Waals surface area (Å²) >= 11 is 0. The third-order valence-corrected chi connectivity index (χ3v) is 2.32. The van der Waals surface area contributed by atoms with Crippen molar-refractivity contribution in [2.45, 2.75) is 0 Å². The second kappa shape index (κ2) is 5.55. The van der Waals surface area contributed by atoms with Crippen LogP contribution in [-0.4, -0.2) is 68.7 Å². The molecule has 1 saturated heterocycles. The fourth-order valence-corrected chi connectivity index (χ4v) is 1.38. The van der Waals surface area contributed by atoms with Gasteiger partial charge in [0.25, 0.3) is 0 Å². The van der Waals surface area contributed by atoms with Crippen LogP contribution in [0.2, 0.25) is 0 Å². The highest BCUT2D eigenvalue weighted by Crippen LogP contribution is 1.96. The van der Waals surface area contributed by atoms with Crippen LogP contribution in [0, 0.1) is 0 Å². The van der Waals surface area contributed by atoms with Gasteiger partial charge < -0.3 is 15.0 Å². The van der Waals surface area contributed by atoms with Crippen LogP contribution in [-0.2, 0) is 9.53 Å². The number of urea groups is 1. The molecule has 0 aliphatic carbocycles. The minimum absolute atomic E-state index is 0.0264. The van der Waals surface area contributed by atoms with Crippen LogP contribution < -0.4 is 5.32 Å². The van der Waals surface area contributed by atoms with Crippen LogP contribution in [0.5, 0.6) is 0 Å². The molecule has 2 amide bonds. The van der Waals surface area contributed by atoms with Crippen molar-refractivity contribution in [1.82, 2.24) is 15.1 Å².